The molecule has 0 radical (unpaired) electrons. The maximum Gasteiger partial charge on any atom is 0.232 e. The first kappa shape index (κ1) is 21.8. The predicted molar refractivity (Wildman–Crippen MR) is 114 cm³/mol. The van der Waals surface area contributed by atoms with Gasteiger partial charge in [0.05, 0.1) is 18.6 Å². The molecule has 0 spiro atoms. The Morgan fingerprint density at radius 2 is 1.79 bits per heavy atom. The standard InChI is InChI=1S/C21H28N2O4S/c1-5-27-19-13-11-18(12-14-19)22-21(24)10-7-15-23(28(4,25)26)20-9-6-8-16(2)17(20)3/h6,8-9,11-14H,5,7,10,15H2,1-4H3,(H,22,24). The normalized spacial score (nSPS) is 11.1. The number of nitrogens with one attached hydrogen (secondary N) is 1. The van der Waals surface area contributed by atoms with Crippen LogP contribution in [0.25, 0.3) is 0 Å². The van der Waals surface area contributed by atoms with Gasteiger partial charge in [-0.1, -0.05) is 12.1 Å². The molecule has 1 N–H and O–H groups in total. The average Bonchev–Trinajstić information content (AvgIpc) is 2.62. The highest BCUT2D eigenvalue weighted by Gasteiger charge is 2.19. The Labute approximate surface area is 167 Å². The topological polar surface area (TPSA) is 75.7 Å². The number of benzene rings is 2. The summed E-state index contributed by atoms with van der Waals surface area (Å²) in [6.45, 7) is 6.60. The van der Waals surface area contributed by atoms with Crippen molar-refractivity contribution in [3.63, 3.8) is 0 Å². The van der Waals surface area contributed by atoms with Crippen LogP contribution in [0.4, 0.5) is 11.4 Å². The number of aryl methyl sites for hydroxylation is 1. The Bertz CT molecular complexity index is 909. The average molecular weight is 405 g/mol. The molecule has 7 heteroatoms. The monoisotopic (exact) mass is 404 g/mol. The van der Waals surface area contributed by atoms with Gasteiger partial charge >= 0.3 is 0 Å². The predicted octanol–water partition coefficient (Wildman–Crippen LogP) is 3.89. The molecule has 0 aliphatic heterocycles. The summed E-state index contributed by atoms with van der Waals surface area (Å²) in [6.07, 6.45) is 1.84. The lowest BCUT2D eigenvalue weighted by Gasteiger charge is -2.24. The summed E-state index contributed by atoms with van der Waals surface area (Å²) in [6, 6.07) is 12.7. The van der Waals surface area contributed by atoms with E-state index < -0.39 is 10.0 Å². The van der Waals surface area contributed by atoms with Gasteiger partial charge in [-0.15, -0.1) is 0 Å². The van der Waals surface area contributed by atoms with E-state index >= 15 is 0 Å². The first-order valence-corrected chi connectivity index (χ1v) is 11.1. The zero-order valence-electron chi connectivity index (χ0n) is 16.9. The highest BCUT2D eigenvalue weighted by molar-refractivity contribution is 7.92. The van der Waals surface area contributed by atoms with E-state index in [2.05, 4.69) is 5.32 Å². The summed E-state index contributed by atoms with van der Waals surface area (Å²) < 4.78 is 31.3. The van der Waals surface area contributed by atoms with Crippen molar-refractivity contribution in [2.75, 3.05) is 29.0 Å². The van der Waals surface area contributed by atoms with Gasteiger partial charge in [0.1, 0.15) is 5.75 Å². The molecule has 28 heavy (non-hydrogen) atoms. The van der Waals surface area contributed by atoms with Gasteiger partial charge in [0.2, 0.25) is 15.9 Å². The molecule has 0 saturated carbocycles. The Morgan fingerprint density at radius 1 is 1.11 bits per heavy atom. The number of hydrogen-bond donors (Lipinski definition) is 1. The molecule has 6 nitrogen and oxygen atoms in total. The second-order valence-corrected chi connectivity index (χ2v) is 8.57. The van der Waals surface area contributed by atoms with Gasteiger partial charge in [0.25, 0.3) is 0 Å². The second kappa shape index (κ2) is 9.59. The van der Waals surface area contributed by atoms with Gasteiger partial charge in [-0.3, -0.25) is 9.10 Å². The van der Waals surface area contributed by atoms with E-state index in [0.29, 0.717) is 24.4 Å². The van der Waals surface area contributed by atoms with Crippen LogP contribution in [0.3, 0.4) is 0 Å². The molecule has 1 amide bonds. The van der Waals surface area contributed by atoms with Crippen molar-refractivity contribution in [3.05, 3.63) is 53.6 Å². The van der Waals surface area contributed by atoms with Crippen LogP contribution in [0.15, 0.2) is 42.5 Å². The van der Waals surface area contributed by atoms with Crippen LogP contribution in [0.5, 0.6) is 5.75 Å². The van der Waals surface area contributed by atoms with Gasteiger partial charge in [-0.25, -0.2) is 8.42 Å². The smallest absolute Gasteiger partial charge is 0.232 e. The van der Waals surface area contributed by atoms with E-state index in [1.54, 1.807) is 30.3 Å². The number of sulfonamides is 1. The zero-order valence-corrected chi connectivity index (χ0v) is 17.7. The first-order chi connectivity index (χ1) is 13.2. The van der Waals surface area contributed by atoms with Gasteiger partial charge in [0.15, 0.2) is 0 Å². The third-order valence-corrected chi connectivity index (χ3v) is 5.64. The minimum absolute atomic E-state index is 0.154. The van der Waals surface area contributed by atoms with E-state index in [1.165, 1.54) is 10.6 Å². The van der Waals surface area contributed by atoms with Gasteiger partial charge in [0, 0.05) is 18.7 Å². The van der Waals surface area contributed by atoms with Gasteiger partial charge in [-0.2, -0.15) is 0 Å². The SMILES string of the molecule is CCOc1ccc(NC(=O)CCCN(c2cccc(C)c2C)S(C)(=O)=O)cc1. The Hall–Kier alpha value is -2.54. The quantitative estimate of drug-likeness (QED) is 0.688. The molecule has 0 aliphatic rings. The van der Waals surface area contributed by atoms with Crippen LogP contribution < -0.4 is 14.4 Å². The summed E-state index contributed by atoms with van der Waals surface area (Å²) in [5.41, 5.74) is 3.29. The van der Waals surface area contributed by atoms with Crippen LogP contribution in [0.2, 0.25) is 0 Å². The number of anilines is 2. The van der Waals surface area contributed by atoms with Crippen molar-refractivity contribution in [1.29, 1.82) is 0 Å². The number of carbonyl (C=O) groups is 1. The third kappa shape index (κ3) is 5.99. The van der Waals surface area contributed by atoms with E-state index in [9.17, 15) is 13.2 Å². The number of hydrogen-bond acceptors (Lipinski definition) is 4. The molecule has 2 aromatic carbocycles. The van der Waals surface area contributed by atoms with Crippen molar-refractivity contribution >= 4 is 27.3 Å². The molecule has 0 fully saturated rings. The van der Waals surface area contributed by atoms with Crippen LogP contribution in [0, 0.1) is 13.8 Å². The van der Waals surface area contributed by atoms with Crippen molar-refractivity contribution in [2.45, 2.75) is 33.6 Å². The van der Waals surface area contributed by atoms with Crippen LogP contribution in [-0.2, 0) is 14.8 Å². The number of rotatable bonds is 9. The lowest BCUT2D eigenvalue weighted by molar-refractivity contribution is -0.116. The summed E-state index contributed by atoms with van der Waals surface area (Å²) >= 11 is 0. The van der Waals surface area contributed by atoms with Crippen LogP contribution >= 0.6 is 0 Å². The third-order valence-electron chi connectivity index (χ3n) is 4.46. The molecule has 0 aliphatic carbocycles. The van der Waals surface area contributed by atoms with Crippen LogP contribution in [0.1, 0.15) is 30.9 Å². The minimum Gasteiger partial charge on any atom is -0.494 e. The van der Waals surface area contributed by atoms with Gasteiger partial charge in [-0.05, 0) is 68.7 Å². The summed E-state index contributed by atoms with van der Waals surface area (Å²) in [4.78, 5) is 12.2. The fraction of sp³-hybridized carbons (Fsp3) is 0.381. The molecule has 2 aromatic rings. The summed E-state index contributed by atoms with van der Waals surface area (Å²) in [7, 11) is -3.44. The minimum atomic E-state index is -3.44. The first-order valence-electron chi connectivity index (χ1n) is 9.29. The van der Waals surface area contributed by atoms with Gasteiger partial charge < -0.3 is 10.1 Å². The molecular weight excluding hydrogens is 376 g/mol. The summed E-state index contributed by atoms with van der Waals surface area (Å²) in [5, 5.41) is 2.82. The number of carbonyl (C=O) groups excluding carboxylic acids is 1. The van der Waals surface area contributed by atoms with Crippen molar-refractivity contribution in [2.24, 2.45) is 0 Å². The van der Waals surface area contributed by atoms with Crippen molar-refractivity contribution < 1.29 is 17.9 Å². The fourth-order valence-corrected chi connectivity index (χ4v) is 3.89. The molecule has 0 unspecified atom stereocenters. The largest absolute Gasteiger partial charge is 0.494 e. The molecule has 0 atom stereocenters. The number of nitrogens with zero attached hydrogens (tertiary/aromatic N) is 1. The maximum absolute atomic E-state index is 12.3. The molecular formula is C21H28N2O4S. The Morgan fingerprint density at radius 3 is 2.39 bits per heavy atom. The van der Waals surface area contributed by atoms with E-state index in [1.807, 2.05) is 32.9 Å². The lowest BCUT2D eigenvalue weighted by Crippen LogP contribution is -2.32. The van der Waals surface area contributed by atoms with E-state index in [-0.39, 0.29) is 18.9 Å². The number of amides is 1. The Kier molecular flexibility index (Phi) is 7.45. The highest BCUT2D eigenvalue weighted by atomic mass is 32.2. The van der Waals surface area contributed by atoms with Crippen molar-refractivity contribution in [1.82, 2.24) is 0 Å². The highest BCUT2D eigenvalue weighted by Crippen LogP contribution is 2.25. The van der Waals surface area contributed by atoms with E-state index in [4.69, 9.17) is 4.74 Å². The molecule has 0 heterocycles. The molecule has 0 bridgehead atoms. The molecule has 152 valence electrons. The lowest BCUT2D eigenvalue weighted by atomic mass is 10.1. The Balaban J connectivity index is 1.96. The number of ether oxygens (including phenoxy) is 1. The van der Waals surface area contributed by atoms with Crippen LogP contribution in [-0.4, -0.2) is 33.7 Å². The van der Waals surface area contributed by atoms with Crippen molar-refractivity contribution in [3.8, 4) is 5.75 Å². The molecule has 0 saturated heterocycles. The zero-order chi connectivity index (χ0) is 20.7. The second-order valence-electron chi connectivity index (χ2n) is 6.66. The fourth-order valence-electron chi connectivity index (χ4n) is 2.88. The van der Waals surface area contributed by atoms with E-state index in [0.717, 1.165) is 16.9 Å². The molecule has 0 aromatic heterocycles. The molecule has 2 rings (SSSR count). The summed E-state index contributed by atoms with van der Waals surface area (Å²) in [5.74, 6) is 0.594. The maximum atomic E-state index is 12.3.